The highest BCUT2D eigenvalue weighted by Gasteiger charge is 2.29. The SMILES string of the molecule is COC[C@@H](C)NC(=O)c1noc(C)c1[N+](=O)[O-]. The summed E-state index contributed by atoms with van der Waals surface area (Å²) in [5, 5.41) is 16.6. The summed E-state index contributed by atoms with van der Waals surface area (Å²) >= 11 is 0. The van der Waals surface area contributed by atoms with E-state index in [-0.39, 0.29) is 17.5 Å². The molecular formula is C9H13N3O5. The number of methoxy groups -OCH3 is 1. The lowest BCUT2D eigenvalue weighted by Gasteiger charge is -2.10. The topological polar surface area (TPSA) is 108 Å². The van der Waals surface area contributed by atoms with Crippen LogP contribution in [-0.4, -0.2) is 35.7 Å². The minimum atomic E-state index is -0.693. The fraction of sp³-hybridized carbons (Fsp3) is 0.556. The molecule has 94 valence electrons. The van der Waals surface area contributed by atoms with E-state index < -0.39 is 16.5 Å². The Labute approximate surface area is 97.1 Å². The van der Waals surface area contributed by atoms with Gasteiger partial charge < -0.3 is 14.6 Å². The van der Waals surface area contributed by atoms with Gasteiger partial charge in [-0.05, 0) is 6.92 Å². The Morgan fingerprint density at radius 2 is 2.35 bits per heavy atom. The van der Waals surface area contributed by atoms with Crippen LogP contribution >= 0.6 is 0 Å². The number of rotatable bonds is 5. The molecule has 0 aliphatic carbocycles. The molecule has 17 heavy (non-hydrogen) atoms. The average Bonchev–Trinajstić information content (AvgIpc) is 2.60. The first-order chi connectivity index (χ1) is 7.97. The van der Waals surface area contributed by atoms with Crippen LogP contribution < -0.4 is 5.32 Å². The van der Waals surface area contributed by atoms with E-state index in [1.807, 2.05) is 0 Å². The number of hydrogen-bond acceptors (Lipinski definition) is 6. The molecule has 0 unspecified atom stereocenters. The second-order valence-corrected chi connectivity index (χ2v) is 3.52. The minimum absolute atomic E-state index is 0.000422. The van der Waals surface area contributed by atoms with Crippen molar-refractivity contribution in [3.8, 4) is 0 Å². The van der Waals surface area contributed by atoms with Crippen molar-refractivity contribution in [2.24, 2.45) is 0 Å². The summed E-state index contributed by atoms with van der Waals surface area (Å²) in [6.45, 7) is 3.39. The Morgan fingerprint density at radius 3 is 2.88 bits per heavy atom. The summed E-state index contributed by atoms with van der Waals surface area (Å²) in [7, 11) is 1.49. The van der Waals surface area contributed by atoms with Crippen LogP contribution in [0.5, 0.6) is 0 Å². The Bertz CT molecular complexity index is 428. The third-order valence-electron chi connectivity index (χ3n) is 2.02. The van der Waals surface area contributed by atoms with Gasteiger partial charge in [0.25, 0.3) is 5.91 Å². The van der Waals surface area contributed by atoms with Gasteiger partial charge in [0, 0.05) is 20.1 Å². The average molecular weight is 243 g/mol. The first kappa shape index (κ1) is 13.1. The monoisotopic (exact) mass is 243 g/mol. The van der Waals surface area contributed by atoms with Crippen molar-refractivity contribution in [3.63, 3.8) is 0 Å². The lowest BCUT2D eigenvalue weighted by atomic mass is 10.2. The molecule has 1 aromatic rings. The van der Waals surface area contributed by atoms with E-state index in [2.05, 4.69) is 15.0 Å². The standard InChI is InChI=1S/C9H13N3O5/c1-5(4-16-3)10-9(13)7-8(12(14)15)6(2)17-11-7/h5H,4H2,1-3H3,(H,10,13)/t5-/m1/s1. The summed E-state index contributed by atoms with van der Waals surface area (Å²) < 4.78 is 9.47. The lowest BCUT2D eigenvalue weighted by molar-refractivity contribution is -0.386. The number of nitro groups is 1. The van der Waals surface area contributed by atoms with E-state index in [1.165, 1.54) is 14.0 Å². The van der Waals surface area contributed by atoms with Crippen molar-refractivity contribution in [2.75, 3.05) is 13.7 Å². The van der Waals surface area contributed by atoms with Gasteiger partial charge in [0.1, 0.15) is 0 Å². The summed E-state index contributed by atoms with van der Waals surface area (Å²) in [5.41, 5.74) is -0.734. The highest BCUT2D eigenvalue weighted by atomic mass is 16.6. The summed E-state index contributed by atoms with van der Waals surface area (Å²) in [6, 6.07) is -0.274. The minimum Gasteiger partial charge on any atom is -0.383 e. The van der Waals surface area contributed by atoms with Gasteiger partial charge in [-0.25, -0.2) is 0 Å². The lowest BCUT2D eigenvalue weighted by Crippen LogP contribution is -2.36. The molecule has 1 aromatic heterocycles. The number of carbonyl (C=O) groups excluding carboxylic acids is 1. The van der Waals surface area contributed by atoms with E-state index >= 15 is 0 Å². The Balaban J connectivity index is 2.86. The van der Waals surface area contributed by atoms with Gasteiger partial charge in [0.15, 0.2) is 0 Å². The van der Waals surface area contributed by atoms with E-state index in [0.717, 1.165) is 0 Å². The Kier molecular flexibility index (Phi) is 4.16. The van der Waals surface area contributed by atoms with Crippen LogP contribution in [0.1, 0.15) is 23.2 Å². The predicted octanol–water partition coefficient (Wildman–Crippen LogP) is 0.656. The zero-order valence-corrected chi connectivity index (χ0v) is 9.72. The zero-order valence-electron chi connectivity index (χ0n) is 9.72. The maximum Gasteiger partial charge on any atom is 0.344 e. The maximum atomic E-state index is 11.7. The smallest absolute Gasteiger partial charge is 0.344 e. The fourth-order valence-electron chi connectivity index (χ4n) is 1.32. The van der Waals surface area contributed by atoms with Gasteiger partial charge in [-0.2, -0.15) is 0 Å². The second-order valence-electron chi connectivity index (χ2n) is 3.52. The number of nitrogens with zero attached hydrogens (tertiary/aromatic N) is 2. The second kappa shape index (κ2) is 5.39. The summed E-state index contributed by atoms with van der Waals surface area (Å²) in [4.78, 5) is 21.7. The molecule has 0 radical (unpaired) electrons. The molecule has 0 aromatic carbocycles. The fourth-order valence-corrected chi connectivity index (χ4v) is 1.32. The number of amides is 1. The molecule has 0 aliphatic heterocycles. The van der Waals surface area contributed by atoms with Crippen LogP contribution in [0.3, 0.4) is 0 Å². The van der Waals surface area contributed by atoms with Crippen molar-refractivity contribution in [2.45, 2.75) is 19.9 Å². The molecule has 0 bridgehead atoms. The van der Waals surface area contributed by atoms with Crippen LogP contribution in [0, 0.1) is 17.0 Å². The third kappa shape index (κ3) is 3.00. The molecular weight excluding hydrogens is 230 g/mol. The Morgan fingerprint density at radius 1 is 1.71 bits per heavy atom. The van der Waals surface area contributed by atoms with Crippen molar-refractivity contribution >= 4 is 11.6 Å². The third-order valence-corrected chi connectivity index (χ3v) is 2.02. The first-order valence-electron chi connectivity index (χ1n) is 4.87. The van der Waals surface area contributed by atoms with E-state index in [1.54, 1.807) is 6.92 Å². The molecule has 1 amide bonds. The largest absolute Gasteiger partial charge is 0.383 e. The molecule has 8 nitrogen and oxygen atoms in total. The van der Waals surface area contributed by atoms with Crippen LogP contribution in [0.2, 0.25) is 0 Å². The van der Waals surface area contributed by atoms with Gasteiger partial charge in [0.2, 0.25) is 11.5 Å². The number of aryl methyl sites for hydroxylation is 1. The van der Waals surface area contributed by atoms with Gasteiger partial charge in [-0.1, -0.05) is 5.16 Å². The van der Waals surface area contributed by atoms with Gasteiger partial charge in [-0.3, -0.25) is 14.9 Å². The molecule has 0 saturated carbocycles. The molecule has 0 fully saturated rings. The van der Waals surface area contributed by atoms with E-state index in [9.17, 15) is 14.9 Å². The quantitative estimate of drug-likeness (QED) is 0.601. The molecule has 0 aliphatic rings. The summed E-state index contributed by atoms with van der Waals surface area (Å²) in [6.07, 6.45) is 0. The van der Waals surface area contributed by atoms with Gasteiger partial charge in [-0.15, -0.1) is 0 Å². The first-order valence-corrected chi connectivity index (χ1v) is 4.87. The molecule has 8 heteroatoms. The predicted molar refractivity (Wildman–Crippen MR) is 56.7 cm³/mol. The van der Waals surface area contributed by atoms with E-state index in [4.69, 9.17) is 4.74 Å². The number of aromatic nitrogens is 1. The van der Waals surface area contributed by atoms with Crippen molar-refractivity contribution in [3.05, 3.63) is 21.6 Å². The van der Waals surface area contributed by atoms with Crippen LogP contribution in [-0.2, 0) is 4.74 Å². The van der Waals surface area contributed by atoms with Gasteiger partial charge >= 0.3 is 5.69 Å². The zero-order chi connectivity index (χ0) is 13.0. The highest BCUT2D eigenvalue weighted by Crippen LogP contribution is 2.22. The molecule has 0 saturated heterocycles. The van der Waals surface area contributed by atoms with E-state index in [0.29, 0.717) is 6.61 Å². The van der Waals surface area contributed by atoms with Crippen LogP contribution in [0.4, 0.5) is 5.69 Å². The number of hydrogen-bond donors (Lipinski definition) is 1. The number of ether oxygens (including phenoxy) is 1. The number of carbonyl (C=O) groups is 1. The molecule has 1 atom stereocenters. The normalized spacial score (nSPS) is 12.2. The molecule has 1 N–H and O–H groups in total. The van der Waals surface area contributed by atoms with Crippen molar-refractivity contribution in [1.29, 1.82) is 0 Å². The van der Waals surface area contributed by atoms with Crippen molar-refractivity contribution in [1.82, 2.24) is 10.5 Å². The van der Waals surface area contributed by atoms with Gasteiger partial charge in [0.05, 0.1) is 11.5 Å². The maximum absolute atomic E-state index is 11.7. The molecule has 0 spiro atoms. The number of nitrogens with one attached hydrogen (secondary N) is 1. The molecule has 1 heterocycles. The van der Waals surface area contributed by atoms with Crippen LogP contribution in [0.15, 0.2) is 4.52 Å². The summed E-state index contributed by atoms with van der Waals surface area (Å²) in [5.74, 6) is -0.655. The van der Waals surface area contributed by atoms with Crippen LogP contribution in [0.25, 0.3) is 0 Å². The van der Waals surface area contributed by atoms with Crippen molar-refractivity contribution < 1.29 is 19.0 Å². The Hall–Kier alpha value is -1.96. The highest BCUT2D eigenvalue weighted by molar-refractivity contribution is 5.96. The molecule has 1 rings (SSSR count).